The van der Waals surface area contributed by atoms with Crippen molar-refractivity contribution in [3.05, 3.63) is 90.0 Å². The first-order valence-corrected chi connectivity index (χ1v) is 8.43. The molecule has 0 saturated carbocycles. The second kappa shape index (κ2) is 9.07. The van der Waals surface area contributed by atoms with Crippen LogP contribution in [0.3, 0.4) is 0 Å². The quantitative estimate of drug-likeness (QED) is 0.688. The van der Waals surface area contributed by atoms with E-state index in [4.69, 9.17) is 14.7 Å². The molecule has 0 aliphatic heterocycles. The molecule has 0 saturated heterocycles. The van der Waals surface area contributed by atoms with E-state index in [1.807, 2.05) is 36.4 Å². The SMILES string of the molecule is N#Cc1ccccc1OCC(=O)Nc1ccc(OCc2ccccc2)cc1. The fourth-order valence-electron chi connectivity index (χ4n) is 2.40. The molecule has 5 nitrogen and oxygen atoms in total. The lowest BCUT2D eigenvalue weighted by molar-refractivity contribution is -0.118. The molecule has 134 valence electrons. The first-order valence-electron chi connectivity index (χ1n) is 8.43. The third kappa shape index (κ3) is 5.35. The van der Waals surface area contributed by atoms with Crippen LogP contribution < -0.4 is 14.8 Å². The maximum Gasteiger partial charge on any atom is 0.262 e. The third-order valence-corrected chi connectivity index (χ3v) is 3.75. The molecule has 0 atom stereocenters. The van der Waals surface area contributed by atoms with Gasteiger partial charge in [-0.15, -0.1) is 0 Å². The molecule has 0 aromatic heterocycles. The van der Waals surface area contributed by atoms with Gasteiger partial charge in [-0.05, 0) is 42.0 Å². The minimum absolute atomic E-state index is 0.176. The number of ether oxygens (including phenoxy) is 2. The highest BCUT2D eigenvalue weighted by molar-refractivity contribution is 5.91. The predicted molar refractivity (Wildman–Crippen MR) is 102 cm³/mol. The molecule has 27 heavy (non-hydrogen) atoms. The van der Waals surface area contributed by atoms with Crippen LogP contribution in [0, 0.1) is 11.3 Å². The van der Waals surface area contributed by atoms with Gasteiger partial charge in [0, 0.05) is 5.69 Å². The van der Waals surface area contributed by atoms with Gasteiger partial charge in [0.25, 0.3) is 5.91 Å². The molecule has 0 aliphatic rings. The average molecular weight is 358 g/mol. The van der Waals surface area contributed by atoms with Gasteiger partial charge >= 0.3 is 0 Å². The third-order valence-electron chi connectivity index (χ3n) is 3.75. The molecule has 1 N–H and O–H groups in total. The normalized spacial score (nSPS) is 9.89. The minimum atomic E-state index is -0.305. The molecule has 0 bridgehead atoms. The number of nitrogens with zero attached hydrogens (tertiary/aromatic N) is 1. The van der Waals surface area contributed by atoms with Gasteiger partial charge in [0.1, 0.15) is 24.2 Å². The molecule has 3 rings (SSSR count). The summed E-state index contributed by atoms with van der Waals surface area (Å²) in [7, 11) is 0. The second-order valence-corrected chi connectivity index (χ2v) is 5.74. The van der Waals surface area contributed by atoms with E-state index in [-0.39, 0.29) is 12.5 Å². The molecule has 0 radical (unpaired) electrons. The molecule has 0 fully saturated rings. The number of nitrogens with one attached hydrogen (secondary N) is 1. The predicted octanol–water partition coefficient (Wildman–Crippen LogP) is 4.15. The summed E-state index contributed by atoms with van der Waals surface area (Å²) in [5.41, 5.74) is 2.12. The van der Waals surface area contributed by atoms with Crippen LogP contribution in [0.2, 0.25) is 0 Å². The zero-order valence-corrected chi connectivity index (χ0v) is 14.6. The highest BCUT2D eigenvalue weighted by atomic mass is 16.5. The number of carbonyl (C=O) groups is 1. The van der Waals surface area contributed by atoms with Crippen molar-refractivity contribution in [2.24, 2.45) is 0 Å². The average Bonchev–Trinajstić information content (AvgIpc) is 2.72. The van der Waals surface area contributed by atoms with E-state index in [1.54, 1.807) is 48.5 Å². The summed E-state index contributed by atoms with van der Waals surface area (Å²) >= 11 is 0. The number of rotatable bonds is 7. The standard InChI is InChI=1S/C22H18N2O3/c23-14-18-8-4-5-9-21(18)27-16-22(25)24-19-10-12-20(13-11-19)26-15-17-6-2-1-3-7-17/h1-13H,15-16H2,(H,24,25). The van der Waals surface area contributed by atoms with E-state index in [0.29, 0.717) is 23.6 Å². The fourth-order valence-corrected chi connectivity index (χ4v) is 2.40. The Morgan fingerprint density at radius 2 is 1.59 bits per heavy atom. The summed E-state index contributed by atoms with van der Waals surface area (Å²) in [6, 6.07) is 25.8. The minimum Gasteiger partial charge on any atom is -0.489 e. The Hall–Kier alpha value is -3.78. The summed E-state index contributed by atoms with van der Waals surface area (Å²) in [4.78, 5) is 12.0. The highest BCUT2D eigenvalue weighted by Crippen LogP contribution is 2.18. The van der Waals surface area contributed by atoms with Crippen LogP contribution in [0.15, 0.2) is 78.9 Å². The van der Waals surface area contributed by atoms with Crippen molar-refractivity contribution in [1.29, 1.82) is 5.26 Å². The van der Waals surface area contributed by atoms with Crippen LogP contribution in [0.25, 0.3) is 0 Å². The summed E-state index contributed by atoms with van der Waals surface area (Å²) in [6.07, 6.45) is 0. The number of amides is 1. The van der Waals surface area contributed by atoms with Gasteiger partial charge in [0.05, 0.1) is 5.56 Å². The zero-order valence-electron chi connectivity index (χ0n) is 14.6. The second-order valence-electron chi connectivity index (χ2n) is 5.74. The van der Waals surface area contributed by atoms with Crippen LogP contribution >= 0.6 is 0 Å². The molecule has 3 aromatic carbocycles. The van der Waals surface area contributed by atoms with Gasteiger partial charge in [-0.3, -0.25) is 4.79 Å². The molecular formula is C22H18N2O3. The maximum atomic E-state index is 12.0. The van der Waals surface area contributed by atoms with E-state index < -0.39 is 0 Å². The number of para-hydroxylation sites is 1. The van der Waals surface area contributed by atoms with Gasteiger partial charge in [-0.2, -0.15) is 5.26 Å². The van der Waals surface area contributed by atoms with Gasteiger partial charge in [0.15, 0.2) is 6.61 Å². The number of benzene rings is 3. The Kier molecular flexibility index (Phi) is 6.05. The Morgan fingerprint density at radius 1 is 0.889 bits per heavy atom. The van der Waals surface area contributed by atoms with Crippen LogP contribution in [0.1, 0.15) is 11.1 Å². The summed E-state index contributed by atoms with van der Waals surface area (Å²) < 4.78 is 11.1. The van der Waals surface area contributed by atoms with Gasteiger partial charge in [0.2, 0.25) is 0 Å². The molecule has 0 heterocycles. The van der Waals surface area contributed by atoms with Gasteiger partial charge in [-0.25, -0.2) is 0 Å². The van der Waals surface area contributed by atoms with Gasteiger partial charge < -0.3 is 14.8 Å². The topological polar surface area (TPSA) is 71.3 Å². The summed E-state index contributed by atoms with van der Waals surface area (Å²) in [5, 5.41) is 11.8. The van der Waals surface area contributed by atoms with Crippen molar-refractivity contribution in [2.75, 3.05) is 11.9 Å². The van der Waals surface area contributed by atoms with Crippen molar-refractivity contribution >= 4 is 11.6 Å². The largest absolute Gasteiger partial charge is 0.489 e. The van der Waals surface area contributed by atoms with E-state index in [1.165, 1.54) is 0 Å². The van der Waals surface area contributed by atoms with Gasteiger partial charge in [-0.1, -0.05) is 42.5 Å². The Bertz CT molecular complexity index is 932. The Balaban J connectivity index is 1.49. The van der Waals surface area contributed by atoms with Crippen LogP contribution in [-0.2, 0) is 11.4 Å². The van der Waals surface area contributed by atoms with Crippen molar-refractivity contribution in [1.82, 2.24) is 0 Å². The molecular weight excluding hydrogens is 340 g/mol. The Labute approximate surface area is 157 Å². The van der Waals surface area contributed by atoms with E-state index in [0.717, 1.165) is 11.3 Å². The smallest absolute Gasteiger partial charge is 0.262 e. The lowest BCUT2D eigenvalue weighted by atomic mass is 10.2. The molecule has 0 aliphatic carbocycles. The number of hydrogen-bond donors (Lipinski definition) is 1. The summed E-state index contributed by atoms with van der Waals surface area (Å²) in [5.74, 6) is 0.802. The zero-order chi connectivity index (χ0) is 18.9. The first kappa shape index (κ1) is 18.0. The molecule has 0 spiro atoms. The number of anilines is 1. The molecule has 3 aromatic rings. The monoisotopic (exact) mass is 358 g/mol. The highest BCUT2D eigenvalue weighted by Gasteiger charge is 2.07. The fraction of sp³-hybridized carbons (Fsp3) is 0.0909. The van der Waals surface area contributed by atoms with E-state index >= 15 is 0 Å². The molecule has 5 heteroatoms. The number of carbonyl (C=O) groups excluding carboxylic acids is 1. The van der Waals surface area contributed by atoms with Crippen LogP contribution in [0.5, 0.6) is 11.5 Å². The van der Waals surface area contributed by atoms with Crippen molar-refractivity contribution in [3.8, 4) is 17.6 Å². The van der Waals surface area contributed by atoms with Crippen molar-refractivity contribution in [3.63, 3.8) is 0 Å². The van der Waals surface area contributed by atoms with E-state index in [2.05, 4.69) is 5.32 Å². The molecule has 0 unspecified atom stereocenters. The van der Waals surface area contributed by atoms with Crippen molar-refractivity contribution < 1.29 is 14.3 Å². The van der Waals surface area contributed by atoms with Crippen molar-refractivity contribution in [2.45, 2.75) is 6.61 Å². The number of nitriles is 1. The number of hydrogen-bond acceptors (Lipinski definition) is 4. The van der Waals surface area contributed by atoms with Crippen LogP contribution in [-0.4, -0.2) is 12.5 Å². The lowest BCUT2D eigenvalue weighted by Crippen LogP contribution is -2.20. The Morgan fingerprint density at radius 3 is 2.33 bits per heavy atom. The lowest BCUT2D eigenvalue weighted by Gasteiger charge is -2.10. The first-order chi connectivity index (χ1) is 13.2. The summed E-state index contributed by atoms with van der Waals surface area (Å²) in [6.45, 7) is 0.309. The van der Waals surface area contributed by atoms with E-state index in [9.17, 15) is 4.79 Å². The molecule has 1 amide bonds. The van der Waals surface area contributed by atoms with Crippen LogP contribution in [0.4, 0.5) is 5.69 Å². The maximum absolute atomic E-state index is 12.0.